The van der Waals surface area contributed by atoms with Crippen molar-refractivity contribution in [3.8, 4) is 16.9 Å². The molecule has 0 saturated heterocycles. The van der Waals surface area contributed by atoms with E-state index in [0.717, 1.165) is 0 Å². The lowest BCUT2D eigenvalue weighted by Crippen LogP contribution is -2.40. The summed E-state index contributed by atoms with van der Waals surface area (Å²) in [4.78, 5) is 28.1. The van der Waals surface area contributed by atoms with E-state index in [2.05, 4.69) is 10.3 Å². The van der Waals surface area contributed by atoms with Gasteiger partial charge in [-0.3, -0.25) is 9.59 Å². The van der Waals surface area contributed by atoms with Gasteiger partial charge in [-0.15, -0.1) is 0 Å². The van der Waals surface area contributed by atoms with Crippen molar-refractivity contribution in [3.63, 3.8) is 0 Å². The van der Waals surface area contributed by atoms with Crippen molar-refractivity contribution in [2.45, 2.75) is 43.9 Å². The first kappa shape index (κ1) is 21.2. The molecule has 0 bridgehead atoms. The van der Waals surface area contributed by atoms with Crippen molar-refractivity contribution >= 4 is 32.3 Å². The molecule has 1 amide bonds. The fourth-order valence-electron chi connectivity index (χ4n) is 3.77. The standard InChI is InChI=1S/C22H25N3O5S/c1-11(2)19-21(26)24-17-9-13(31(28,29)12(3)4)8-15(20(17)30-19)16-10-25(5)22(27)18-14(16)6-7-23-18/h6-12,19,23H,1-5H3,(H,24,26). The van der Waals surface area contributed by atoms with E-state index in [0.29, 0.717) is 33.5 Å². The predicted molar refractivity (Wildman–Crippen MR) is 119 cm³/mol. The average Bonchev–Trinajstić information content (AvgIpc) is 3.19. The zero-order valence-electron chi connectivity index (χ0n) is 18.0. The van der Waals surface area contributed by atoms with Crippen molar-refractivity contribution in [2.75, 3.05) is 5.32 Å². The molecule has 4 rings (SSSR count). The number of hydrogen-bond donors (Lipinski definition) is 2. The summed E-state index contributed by atoms with van der Waals surface area (Å²) in [5, 5.41) is 2.82. The lowest BCUT2D eigenvalue weighted by molar-refractivity contribution is -0.125. The first-order chi connectivity index (χ1) is 14.5. The Morgan fingerprint density at radius 3 is 2.45 bits per heavy atom. The number of benzene rings is 1. The first-order valence-corrected chi connectivity index (χ1v) is 11.6. The lowest BCUT2D eigenvalue weighted by atomic mass is 9.99. The largest absolute Gasteiger partial charge is 0.477 e. The predicted octanol–water partition coefficient (Wildman–Crippen LogP) is 3.07. The number of ether oxygens (including phenoxy) is 1. The van der Waals surface area contributed by atoms with Crippen LogP contribution in [0.2, 0.25) is 0 Å². The van der Waals surface area contributed by atoms with E-state index in [1.165, 1.54) is 10.6 Å². The summed E-state index contributed by atoms with van der Waals surface area (Å²) in [6.07, 6.45) is 2.61. The van der Waals surface area contributed by atoms with Gasteiger partial charge in [0, 0.05) is 36.0 Å². The molecule has 1 atom stereocenters. The number of rotatable bonds is 4. The molecule has 8 nitrogen and oxygen atoms in total. The van der Waals surface area contributed by atoms with Crippen LogP contribution in [0, 0.1) is 5.92 Å². The minimum absolute atomic E-state index is 0.0840. The molecule has 2 aromatic heterocycles. The molecular weight excluding hydrogens is 418 g/mol. The molecule has 0 fully saturated rings. The van der Waals surface area contributed by atoms with E-state index in [1.807, 2.05) is 13.8 Å². The molecule has 3 heterocycles. The quantitative estimate of drug-likeness (QED) is 0.644. The molecule has 0 radical (unpaired) electrons. The zero-order valence-corrected chi connectivity index (χ0v) is 18.8. The van der Waals surface area contributed by atoms with Gasteiger partial charge >= 0.3 is 0 Å². The first-order valence-electron chi connectivity index (χ1n) is 10.1. The van der Waals surface area contributed by atoms with Crippen molar-refractivity contribution < 1.29 is 17.9 Å². The van der Waals surface area contributed by atoms with Crippen molar-refractivity contribution in [1.29, 1.82) is 0 Å². The second-order valence-electron chi connectivity index (χ2n) is 8.44. The zero-order chi connectivity index (χ0) is 22.7. The second kappa shape index (κ2) is 7.26. The van der Waals surface area contributed by atoms with Crippen LogP contribution in [-0.4, -0.2) is 35.2 Å². The summed E-state index contributed by atoms with van der Waals surface area (Å²) < 4.78 is 33.5. The number of fused-ring (bicyclic) bond motifs is 2. The maximum Gasteiger partial charge on any atom is 0.274 e. The van der Waals surface area contributed by atoms with E-state index >= 15 is 0 Å². The monoisotopic (exact) mass is 443 g/mol. The molecular formula is C22H25N3O5S. The Hall–Kier alpha value is -3.07. The van der Waals surface area contributed by atoms with Crippen molar-refractivity contribution in [2.24, 2.45) is 13.0 Å². The Morgan fingerprint density at radius 2 is 1.81 bits per heavy atom. The maximum atomic E-state index is 13.0. The van der Waals surface area contributed by atoms with Crippen LogP contribution in [0.5, 0.6) is 5.75 Å². The van der Waals surface area contributed by atoms with E-state index in [4.69, 9.17) is 4.74 Å². The highest BCUT2D eigenvalue weighted by Gasteiger charge is 2.34. The molecule has 1 aromatic carbocycles. The fraction of sp³-hybridized carbons (Fsp3) is 0.364. The fourth-order valence-corrected chi connectivity index (χ4v) is 4.87. The van der Waals surface area contributed by atoms with Gasteiger partial charge in [-0.2, -0.15) is 0 Å². The van der Waals surface area contributed by atoms with E-state index in [1.54, 1.807) is 45.4 Å². The highest BCUT2D eigenvalue weighted by atomic mass is 32.2. The van der Waals surface area contributed by atoms with E-state index in [-0.39, 0.29) is 22.3 Å². The lowest BCUT2D eigenvalue weighted by Gasteiger charge is -2.30. The number of carbonyl (C=O) groups is 1. The number of pyridine rings is 1. The summed E-state index contributed by atoms with van der Waals surface area (Å²) in [6, 6.07) is 4.78. The average molecular weight is 444 g/mol. The third-order valence-electron chi connectivity index (χ3n) is 5.56. The second-order valence-corrected chi connectivity index (χ2v) is 10.9. The molecule has 164 valence electrons. The summed E-state index contributed by atoms with van der Waals surface area (Å²) >= 11 is 0. The number of H-pyrrole nitrogens is 1. The van der Waals surface area contributed by atoms with Crippen LogP contribution >= 0.6 is 0 Å². The Morgan fingerprint density at radius 1 is 1.10 bits per heavy atom. The number of nitrogens with one attached hydrogen (secondary N) is 2. The summed E-state index contributed by atoms with van der Waals surface area (Å²) in [6.45, 7) is 6.97. The molecule has 3 aromatic rings. The molecule has 31 heavy (non-hydrogen) atoms. The van der Waals surface area contributed by atoms with Gasteiger partial charge in [0.2, 0.25) is 0 Å². The molecule has 1 aliphatic rings. The van der Waals surface area contributed by atoms with Gasteiger partial charge in [-0.25, -0.2) is 8.42 Å². The summed E-state index contributed by atoms with van der Waals surface area (Å²) in [7, 11) is -2.00. The van der Waals surface area contributed by atoms with Crippen molar-refractivity contribution in [3.05, 3.63) is 40.9 Å². The molecule has 9 heteroatoms. The van der Waals surface area contributed by atoms with Gasteiger partial charge in [0.1, 0.15) is 5.52 Å². The van der Waals surface area contributed by atoms with Gasteiger partial charge in [0.15, 0.2) is 21.7 Å². The van der Waals surface area contributed by atoms with Gasteiger partial charge in [0.25, 0.3) is 11.5 Å². The maximum absolute atomic E-state index is 13.0. The van der Waals surface area contributed by atoms with Crippen LogP contribution < -0.4 is 15.6 Å². The minimum Gasteiger partial charge on any atom is -0.477 e. The molecule has 2 N–H and O–H groups in total. The number of aromatic amines is 1. The third kappa shape index (κ3) is 3.33. The molecule has 0 aliphatic carbocycles. The van der Waals surface area contributed by atoms with Crippen molar-refractivity contribution in [1.82, 2.24) is 9.55 Å². The Labute approximate surface area is 180 Å². The Bertz CT molecular complexity index is 1370. The van der Waals surface area contributed by atoms with Crippen LogP contribution in [0.3, 0.4) is 0 Å². The number of carbonyl (C=O) groups excluding carboxylic acids is 1. The number of nitrogens with zero attached hydrogens (tertiary/aromatic N) is 1. The topological polar surface area (TPSA) is 110 Å². The molecule has 1 unspecified atom stereocenters. The minimum atomic E-state index is -3.63. The van der Waals surface area contributed by atoms with Gasteiger partial charge < -0.3 is 19.6 Å². The third-order valence-corrected chi connectivity index (χ3v) is 7.70. The SMILES string of the molecule is CC(C)C1Oc2c(cc(S(=O)(=O)C(C)C)cc2-c2cn(C)c(=O)c3[nH]ccc23)NC1=O. The van der Waals surface area contributed by atoms with Crippen LogP contribution in [0.4, 0.5) is 5.69 Å². The van der Waals surface area contributed by atoms with E-state index < -0.39 is 21.2 Å². The Kier molecular flexibility index (Phi) is 4.96. The number of amides is 1. The summed E-state index contributed by atoms with van der Waals surface area (Å²) in [5.74, 6) is -0.0190. The van der Waals surface area contributed by atoms with Gasteiger partial charge in [-0.05, 0) is 38.0 Å². The number of hydrogen-bond acceptors (Lipinski definition) is 5. The van der Waals surface area contributed by atoms with Crippen LogP contribution in [0.25, 0.3) is 22.0 Å². The van der Waals surface area contributed by atoms with Gasteiger partial charge in [-0.1, -0.05) is 13.8 Å². The van der Waals surface area contributed by atoms with Crippen LogP contribution in [0.15, 0.2) is 40.3 Å². The smallest absolute Gasteiger partial charge is 0.274 e. The molecule has 0 spiro atoms. The van der Waals surface area contributed by atoms with E-state index in [9.17, 15) is 18.0 Å². The van der Waals surface area contributed by atoms with Gasteiger partial charge in [0.05, 0.1) is 15.8 Å². The summed E-state index contributed by atoms with van der Waals surface area (Å²) in [5.41, 5.74) is 1.65. The molecule has 0 saturated carbocycles. The van der Waals surface area contributed by atoms with Crippen LogP contribution in [0.1, 0.15) is 27.7 Å². The Balaban J connectivity index is 2.08. The normalized spacial score (nSPS) is 16.5. The number of sulfone groups is 1. The highest BCUT2D eigenvalue weighted by Crippen LogP contribution is 2.44. The number of anilines is 1. The van der Waals surface area contributed by atoms with Crippen LogP contribution in [-0.2, 0) is 21.7 Å². The number of aryl methyl sites for hydroxylation is 1. The highest BCUT2D eigenvalue weighted by molar-refractivity contribution is 7.92. The number of aromatic nitrogens is 2. The molecule has 1 aliphatic heterocycles.